The summed E-state index contributed by atoms with van der Waals surface area (Å²) in [5.74, 6) is -0.839. The zero-order chi connectivity index (χ0) is 37.3. The van der Waals surface area contributed by atoms with Crippen molar-refractivity contribution in [2.24, 2.45) is 14.1 Å². The van der Waals surface area contributed by atoms with Crippen LogP contribution in [0.25, 0.3) is 5.57 Å². The smallest absolute Gasteiger partial charge is 0.213 e. The van der Waals surface area contributed by atoms with Crippen LogP contribution >= 0.6 is 7.26 Å². The molecule has 0 aliphatic carbocycles. The second-order valence-electron chi connectivity index (χ2n) is 12.5. The fourth-order valence-corrected chi connectivity index (χ4v) is 8.99. The number of hydrogen-bond acceptors (Lipinski definition) is 3. The lowest BCUT2D eigenvalue weighted by atomic mass is 10.00. The van der Waals surface area contributed by atoms with Gasteiger partial charge in [0, 0.05) is 37.6 Å². The van der Waals surface area contributed by atoms with Gasteiger partial charge in [-0.2, -0.15) is 0 Å². The topological polar surface area (TPSA) is 52.7 Å². The number of ketones is 1. The van der Waals surface area contributed by atoms with Crippen LogP contribution in [0.3, 0.4) is 0 Å². The van der Waals surface area contributed by atoms with Gasteiger partial charge >= 0.3 is 0 Å². The van der Waals surface area contributed by atoms with E-state index in [0.29, 0.717) is 22.4 Å². The van der Waals surface area contributed by atoms with Crippen molar-refractivity contribution in [1.29, 1.82) is 0 Å². The minimum absolute atomic E-state index is 0.213. The maximum absolute atomic E-state index is 13.4. The molecule has 0 spiro atoms. The minimum Gasteiger partial charge on any atom is -0.340 e. The maximum atomic E-state index is 13.4. The van der Waals surface area contributed by atoms with Gasteiger partial charge in [0.2, 0.25) is 5.78 Å². The molecule has 0 amide bonds. The highest BCUT2D eigenvalue weighted by atomic mass is 31.2. The van der Waals surface area contributed by atoms with Crippen molar-refractivity contribution < 1.29 is 13.6 Å². The van der Waals surface area contributed by atoms with Gasteiger partial charge in [-0.25, -0.2) is 18.7 Å². The molecule has 0 N–H and O–H groups in total. The average Bonchev–Trinajstić information content (AvgIpc) is 3.82. The van der Waals surface area contributed by atoms with E-state index in [1.165, 1.54) is 34.1 Å². The van der Waals surface area contributed by atoms with E-state index in [1.54, 1.807) is 56.4 Å². The van der Waals surface area contributed by atoms with Gasteiger partial charge < -0.3 is 9.13 Å². The Kier molecular flexibility index (Phi) is 12.2. The molecular weight excluding hydrogens is 669 g/mol. The highest BCUT2D eigenvalue weighted by Gasteiger charge is 2.39. The Morgan fingerprint density at radius 3 is 1.37 bits per heavy atom. The molecule has 8 heteroatoms. The molecule has 5 aromatic carbocycles. The number of carbonyl (C=O) groups excluding carboxylic acids is 1. The van der Waals surface area contributed by atoms with Crippen LogP contribution in [0, 0.1) is 25.5 Å². The van der Waals surface area contributed by atoms with Crippen molar-refractivity contribution in [3.63, 3.8) is 0 Å². The Hall–Kier alpha value is -5.78. The van der Waals surface area contributed by atoms with E-state index >= 15 is 0 Å². The van der Waals surface area contributed by atoms with Crippen molar-refractivity contribution in [1.82, 2.24) is 19.1 Å². The van der Waals surface area contributed by atoms with Gasteiger partial charge in [0.1, 0.15) is 40.5 Å². The fraction of sp³-hybridized carbons (Fsp3) is 0.114. The summed E-state index contributed by atoms with van der Waals surface area (Å²) in [4.78, 5) is 20.1. The number of benzene rings is 5. The van der Waals surface area contributed by atoms with E-state index in [-0.39, 0.29) is 17.4 Å². The summed E-state index contributed by atoms with van der Waals surface area (Å²) in [6, 6.07) is 42.1. The third-order valence-electron chi connectivity index (χ3n) is 8.87. The van der Waals surface area contributed by atoms with Crippen molar-refractivity contribution in [3.05, 3.63) is 204 Å². The quantitative estimate of drug-likeness (QED) is 0.123. The van der Waals surface area contributed by atoms with Gasteiger partial charge in [-0.05, 0) is 79.1 Å². The van der Waals surface area contributed by atoms with Gasteiger partial charge in [-0.15, -0.1) is 0 Å². The third-order valence-corrected chi connectivity index (χ3v) is 12.9. The van der Waals surface area contributed by atoms with Crippen molar-refractivity contribution in [2.75, 3.05) is 6.66 Å². The molecule has 0 atom stereocenters. The third kappa shape index (κ3) is 8.56. The number of nitrogens with zero attached hydrogens (tertiary/aromatic N) is 4. The first kappa shape index (κ1) is 37.5. The molecular formula is C44H42F2N4OP+. The summed E-state index contributed by atoms with van der Waals surface area (Å²) >= 11 is 0. The molecule has 7 rings (SSSR count). The molecule has 0 aliphatic rings. The van der Waals surface area contributed by atoms with Gasteiger partial charge in [0.05, 0.1) is 25.0 Å². The van der Waals surface area contributed by atoms with Gasteiger partial charge in [0.15, 0.2) is 0 Å². The van der Waals surface area contributed by atoms with E-state index in [4.69, 9.17) is 0 Å². The predicted octanol–water partition coefficient (Wildman–Crippen LogP) is 8.64. The van der Waals surface area contributed by atoms with Crippen LogP contribution in [0.2, 0.25) is 0 Å². The second-order valence-corrected chi connectivity index (χ2v) is 16.1. The molecule has 2 heterocycles. The summed E-state index contributed by atoms with van der Waals surface area (Å²) in [6.45, 7) is 9.72. The molecule has 0 unspecified atom stereocenters. The van der Waals surface area contributed by atoms with Gasteiger partial charge in [-0.1, -0.05) is 85.4 Å². The molecule has 5 nitrogen and oxygen atoms in total. The van der Waals surface area contributed by atoms with Crippen molar-refractivity contribution >= 4 is 34.5 Å². The monoisotopic (exact) mass is 711 g/mol. The molecule has 7 aromatic rings. The lowest BCUT2D eigenvalue weighted by Crippen LogP contribution is -2.30. The van der Waals surface area contributed by atoms with Crippen LogP contribution in [-0.4, -0.2) is 31.6 Å². The molecule has 262 valence electrons. The van der Waals surface area contributed by atoms with Crippen molar-refractivity contribution in [3.8, 4) is 0 Å². The maximum Gasteiger partial charge on any atom is 0.213 e. The van der Waals surface area contributed by atoms with Gasteiger partial charge in [-0.3, -0.25) is 4.79 Å². The van der Waals surface area contributed by atoms with Crippen molar-refractivity contribution in [2.45, 2.75) is 13.8 Å². The Morgan fingerprint density at radius 1 is 0.577 bits per heavy atom. The average molecular weight is 712 g/mol. The largest absolute Gasteiger partial charge is 0.340 e. The molecule has 2 aromatic heterocycles. The molecule has 0 saturated heterocycles. The number of imidazole rings is 2. The summed E-state index contributed by atoms with van der Waals surface area (Å²) in [6.07, 6.45) is 6.73. The Labute approximate surface area is 305 Å². The number of rotatable bonds is 7. The van der Waals surface area contributed by atoms with Crippen LogP contribution in [-0.2, 0) is 14.1 Å². The molecule has 0 aliphatic heterocycles. The highest BCUT2D eigenvalue weighted by molar-refractivity contribution is 7.95. The van der Waals surface area contributed by atoms with E-state index in [0.717, 1.165) is 16.8 Å². The molecule has 52 heavy (non-hydrogen) atoms. The summed E-state index contributed by atoms with van der Waals surface area (Å²) < 4.78 is 30.2. The Bertz CT molecular complexity index is 2070. The molecule has 0 radical (unpaired) electrons. The predicted molar refractivity (Wildman–Crippen MR) is 211 cm³/mol. The normalized spacial score (nSPS) is 10.8. The lowest BCUT2D eigenvalue weighted by molar-refractivity contribution is 0.103. The minimum atomic E-state index is -1.53. The second kappa shape index (κ2) is 17.0. The summed E-state index contributed by atoms with van der Waals surface area (Å²) in [7, 11) is 2.14. The van der Waals surface area contributed by atoms with Crippen LogP contribution in [0.15, 0.2) is 159 Å². The molecule has 0 saturated carbocycles. The first-order valence-corrected chi connectivity index (χ1v) is 19.0. The number of halogens is 2. The van der Waals surface area contributed by atoms with Gasteiger partial charge in [0.25, 0.3) is 0 Å². The number of aromatic nitrogens is 4. The molecule has 0 bridgehead atoms. The zero-order valence-corrected chi connectivity index (χ0v) is 30.9. The fourth-order valence-electron chi connectivity index (χ4n) is 5.79. The Balaban J connectivity index is 0.000000152. The zero-order valence-electron chi connectivity index (χ0n) is 30.0. The van der Waals surface area contributed by atoms with Crippen LogP contribution in [0.1, 0.15) is 38.4 Å². The lowest BCUT2D eigenvalue weighted by Gasteiger charge is -2.22. The number of hydrogen-bond donors (Lipinski definition) is 0. The Morgan fingerprint density at radius 2 is 0.962 bits per heavy atom. The highest BCUT2D eigenvalue weighted by Crippen LogP contribution is 2.51. The summed E-state index contributed by atoms with van der Waals surface area (Å²) in [5, 5.41) is 4.28. The first-order chi connectivity index (χ1) is 25.0. The number of carbonyl (C=O) groups is 1. The van der Waals surface area contributed by atoms with Crippen LogP contribution < -0.4 is 15.9 Å². The standard InChI is InChI=1S/C19H18P.C13H13FN2.C12H11FN2O/c1-20(17-11-5-2-6-12-17,18-13-7-3-8-14-18)19-15-9-4-10-16-19;1-9-11(5-4-6-12(9)14)10(2)13-7-16(3)8-15-13;1-8-9(4-3-5-10(8)13)12(16)11-6-15(2)7-14-11/h2-16H,1H3;4-8H,2H2,1,3H3;3-7H,1-2H3/q+1;;. The van der Waals surface area contributed by atoms with E-state index in [9.17, 15) is 13.6 Å². The summed E-state index contributed by atoms with van der Waals surface area (Å²) in [5.41, 5.74) is 3.98. The molecule has 0 fully saturated rings. The number of aryl methyl sites for hydroxylation is 2. The van der Waals surface area contributed by atoms with E-state index in [2.05, 4.69) is 114 Å². The first-order valence-electron chi connectivity index (χ1n) is 16.7. The van der Waals surface area contributed by atoms with Crippen LogP contribution in [0.5, 0.6) is 0 Å². The SMILES string of the molecule is C=C(c1cn(C)cn1)c1cccc(F)c1C.C[P+](c1ccccc1)(c1ccccc1)c1ccccc1.Cc1c(F)cccc1C(=O)c1cn(C)cn1. The van der Waals surface area contributed by atoms with E-state index < -0.39 is 7.26 Å². The van der Waals surface area contributed by atoms with E-state index in [1.807, 2.05) is 23.9 Å². The van der Waals surface area contributed by atoms with Crippen LogP contribution in [0.4, 0.5) is 8.78 Å².